The Morgan fingerprint density at radius 1 is 1.14 bits per heavy atom. The van der Waals surface area contributed by atoms with Gasteiger partial charge < -0.3 is 14.4 Å². The lowest BCUT2D eigenvalue weighted by Crippen LogP contribution is -2.57. The summed E-state index contributed by atoms with van der Waals surface area (Å²) in [6.45, 7) is 8.77. The molecule has 6 nitrogen and oxygen atoms in total. The summed E-state index contributed by atoms with van der Waals surface area (Å²) in [5.41, 5.74) is -0.262. The van der Waals surface area contributed by atoms with Crippen LogP contribution in [0.1, 0.15) is 57.6 Å². The molecule has 4 rings (SSSR count). The van der Waals surface area contributed by atoms with E-state index in [-0.39, 0.29) is 24.4 Å². The summed E-state index contributed by atoms with van der Waals surface area (Å²) in [7, 11) is 1.78. The van der Waals surface area contributed by atoms with Crippen molar-refractivity contribution in [1.29, 1.82) is 0 Å². The SMILES string of the molecule is CN(C(=O)OC(C)(C)C)C1CCCOC1NC1CC[C@H]2CN(Cc3ccc(C(F)(F)F)cc3)CC12. The molecule has 3 fully saturated rings. The lowest BCUT2D eigenvalue weighted by molar-refractivity contribution is -0.137. The smallest absolute Gasteiger partial charge is 0.416 e. The van der Waals surface area contributed by atoms with Crippen LogP contribution in [-0.4, -0.2) is 66.5 Å². The second-order valence-corrected chi connectivity index (χ2v) is 11.3. The van der Waals surface area contributed by atoms with E-state index in [0.29, 0.717) is 25.0 Å². The number of ether oxygens (including phenoxy) is 2. The Labute approximate surface area is 206 Å². The first-order valence-electron chi connectivity index (χ1n) is 12.6. The summed E-state index contributed by atoms with van der Waals surface area (Å²) in [5.74, 6) is 1.02. The maximum absolute atomic E-state index is 12.9. The van der Waals surface area contributed by atoms with Crippen molar-refractivity contribution in [1.82, 2.24) is 15.1 Å². The number of likely N-dealkylation sites (tertiary alicyclic amines) is 1. The molecule has 1 N–H and O–H groups in total. The fourth-order valence-corrected chi connectivity index (χ4v) is 5.75. The number of nitrogens with one attached hydrogen (secondary N) is 1. The standard InChI is InChI=1S/C26H38F3N3O3/c1-25(2,3)35-24(33)31(4)22-6-5-13-34-23(22)30-21-12-9-18-15-32(16-20(18)21)14-17-7-10-19(11-8-17)26(27,28)29/h7-8,10-11,18,20-23,30H,5-6,9,12-16H2,1-4H3/t18-,20?,21?,22?,23?/m0/s1. The van der Waals surface area contributed by atoms with Gasteiger partial charge in [-0.1, -0.05) is 12.1 Å². The van der Waals surface area contributed by atoms with Gasteiger partial charge in [-0.2, -0.15) is 13.2 Å². The highest BCUT2D eigenvalue weighted by Gasteiger charge is 2.45. The minimum absolute atomic E-state index is 0.0951. The highest BCUT2D eigenvalue weighted by atomic mass is 19.4. The summed E-state index contributed by atoms with van der Waals surface area (Å²) in [5, 5.41) is 3.72. The molecular formula is C26H38F3N3O3. The minimum Gasteiger partial charge on any atom is -0.444 e. The predicted octanol–water partition coefficient (Wildman–Crippen LogP) is 4.88. The maximum atomic E-state index is 12.9. The van der Waals surface area contributed by atoms with Crippen molar-refractivity contribution in [3.05, 3.63) is 35.4 Å². The van der Waals surface area contributed by atoms with Crippen molar-refractivity contribution in [2.45, 2.75) is 83.1 Å². The fraction of sp³-hybridized carbons (Fsp3) is 0.731. The van der Waals surface area contributed by atoms with Crippen LogP contribution in [0.4, 0.5) is 18.0 Å². The number of benzene rings is 1. The zero-order chi connectivity index (χ0) is 25.4. The average Bonchev–Trinajstić information content (AvgIpc) is 3.33. The molecule has 9 heteroatoms. The molecule has 1 aromatic carbocycles. The molecule has 0 radical (unpaired) electrons. The lowest BCUT2D eigenvalue weighted by atomic mass is 9.97. The molecule has 1 aliphatic carbocycles. The summed E-state index contributed by atoms with van der Waals surface area (Å²) in [4.78, 5) is 16.7. The van der Waals surface area contributed by atoms with E-state index in [0.717, 1.165) is 56.5 Å². The normalized spacial score (nSPS) is 29.7. The van der Waals surface area contributed by atoms with Crippen LogP contribution in [0, 0.1) is 11.8 Å². The summed E-state index contributed by atoms with van der Waals surface area (Å²) < 4.78 is 50.2. The second-order valence-electron chi connectivity index (χ2n) is 11.3. The summed E-state index contributed by atoms with van der Waals surface area (Å²) >= 11 is 0. The lowest BCUT2D eigenvalue weighted by Gasteiger charge is -2.40. The number of carbonyl (C=O) groups is 1. The molecule has 1 amide bonds. The second kappa shape index (κ2) is 10.3. The highest BCUT2D eigenvalue weighted by Crippen LogP contribution is 2.39. The van der Waals surface area contributed by atoms with E-state index in [1.165, 1.54) is 0 Å². The molecule has 1 aromatic rings. The number of fused-ring (bicyclic) bond motifs is 1. The van der Waals surface area contributed by atoms with Crippen molar-refractivity contribution in [2.75, 3.05) is 26.7 Å². The van der Waals surface area contributed by atoms with Crippen LogP contribution in [0.2, 0.25) is 0 Å². The van der Waals surface area contributed by atoms with Crippen LogP contribution >= 0.6 is 0 Å². The zero-order valence-electron chi connectivity index (χ0n) is 21.1. The molecule has 2 saturated heterocycles. The van der Waals surface area contributed by atoms with E-state index in [1.54, 1.807) is 24.1 Å². The Morgan fingerprint density at radius 2 is 1.86 bits per heavy atom. The number of rotatable bonds is 5. The first-order valence-corrected chi connectivity index (χ1v) is 12.6. The number of carbonyl (C=O) groups excluding carboxylic acids is 1. The number of likely N-dealkylation sites (N-methyl/N-ethyl adjacent to an activating group) is 1. The number of hydrogen-bond donors (Lipinski definition) is 1. The molecule has 2 aliphatic heterocycles. The van der Waals surface area contributed by atoms with Gasteiger partial charge in [-0.15, -0.1) is 0 Å². The van der Waals surface area contributed by atoms with Crippen LogP contribution in [0.25, 0.3) is 0 Å². The van der Waals surface area contributed by atoms with Crippen molar-refractivity contribution in [2.24, 2.45) is 11.8 Å². The molecule has 0 spiro atoms. The van der Waals surface area contributed by atoms with Crippen LogP contribution in [0.3, 0.4) is 0 Å². The average molecular weight is 498 g/mol. The van der Waals surface area contributed by atoms with Gasteiger partial charge in [-0.25, -0.2) is 4.79 Å². The van der Waals surface area contributed by atoms with Gasteiger partial charge in [0.05, 0.1) is 11.6 Å². The van der Waals surface area contributed by atoms with Gasteiger partial charge in [0.2, 0.25) is 0 Å². The van der Waals surface area contributed by atoms with E-state index in [4.69, 9.17) is 9.47 Å². The minimum atomic E-state index is -4.31. The van der Waals surface area contributed by atoms with Crippen molar-refractivity contribution in [3.8, 4) is 0 Å². The Morgan fingerprint density at radius 3 is 2.51 bits per heavy atom. The quantitative estimate of drug-likeness (QED) is 0.629. The molecule has 1 saturated carbocycles. The van der Waals surface area contributed by atoms with Crippen LogP contribution in [0.15, 0.2) is 24.3 Å². The molecule has 2 heterocycles. The number of alkyl halides is 3. The Bertz CT molecular complexity index is 871. The first-order chi connectivity index (χ1) is 16.4. The number of hydrogen-bond acceptors (Lipinski definition) is 5. The molecule has 196 valence electrons. The van der Waals surface area contributed by atoms with Crippen molar-refractivity contribution in [3.63, 3.8) is 0 Å². The van der Waals surface area contributed by atoms with Crippen molar-refractivity contribution < 1.29 is 27.4 Å². The Hall–Kier alpha value is -1.84. The fourth-order valence-electron chi connectivity index (χ4n) is 5.75. The molecule has 5 atom stereocenters. The third kappa shape index (κ3) is 6.49. The maximum Gasteiger partial charge on any atom is 0.416 e. The summed E-state index contributed by atoms with van der Waals surface area (Å²) in [6, 6.07) is 5.69. The monoisotopic (exact) mass is 497 g/mol. The van der Waals surface area contributed by atoms with Gasteiger partial charge in [0.1, 0.15) is 11.8 Å². The number of nitrogens with zero attached hydrogens (tertiary/aromatic N) is 2. The molecular weight excluding hydrogens is 459 g/mol. The number of halogens is 3. The van der Waals surface area contributed by atoms with E-state index >= 15 is 0 Å². The van der Waals surface area contributed by atoms with Crippen molar-refractivity contribution >= 4 is 6.09 Å². The molecule has 0 bridgehead atoms. The van der Waals surface area contributed by atoms with Gasteiger partial charge >= 0.3 is 12.3 Å². The summed E-state index contributed by atoms with van der Waals surface area (Å²) in [6.07, 6.45) is -0.959. The van der Waals surface area contributed by atoms with Gasteiger partial charge in [0, 0.05) is 39.3 Å². The van der Waals surface area contributed by atoms with E-state index in [9.17, 15) is 18.0 Å². The van der Waals surface area contributed by atoms with E-state index in [2.05, 4.69) is 10.2 Å². The highest BCUT2D eigenvalue weighted by molar-refractivity contribution is 5.68. The Kier molecular flexibility index (Phi) is 7.69. The predicted molar refractivity (Wildman–Crippen MR) is 127 cm³/mol. The van der Waals surface area contributed by atoms with Gasteiger partial charge in [0.25, 0.3) is 0 Å². The number of amides is 1. The molecule has 35 heavy (non-hydrogen) atoms. The third-order valence-corrected chi connectivity index (χ3v) is 7.47. The van der Waals surface area contributed by atoms with E-state index < -0.39 is 17.3 Å². The van der Waals surface area contributed by atoms with Gasteiger partial charge in [0.15, 0.2) is 0 Å². The van der Waals surface area contributed by atoms with Crippen LogP contribution < -0.4 is 5.32 Å². The Balaban J connectivity index is 1.34. The molecule has 3 aliphatic rings. The first kappa shape index (κ1) is 26.2. The van der Waals surface area contributed by atoms with Crippen LogP contribution in [0.5, 0.6) is 0 Å². The van der Waals surface area contributed by atoms with E-state index in [1.807, 2.05) is 20.8 Å². The topological polar surface area (TPSA) is 54.0 Å². The van der Waals surface area contributed by atoms with Crippen LogP contribution in [-0.2, 0) is 22.2 Å². The zero-order valence-corrected chi connectivity index (χ0v) is 21.1. The third-order valence-electron chi connectivity index (χ3n) is 7.47. The van der Waals surface area contributed by atoms with Gasteiger partial charge in [-0.05, 0) is 76.0 Å². The molecule has 0 aromatic heterocycles. The largest absolute Gasteiger partial charge is 0.444 e. The molecule has 4 unspecified atom stereocenters. The van der Waals surface area contributed by atoms with Gasteiger partial charge in [-0.3, -0.25) is 10.2 Å².